The molecule has 1 aliphatic rings. The van der Waals surface area contributed by atoms with Crippen LogP contribution in [0.15, 0.2) is 47.5 Å². The lowest BCUT2D eigenvalue weighted by Crippen LogP contribution is -2.46. The Morgan fingerprint density at radius 3 is 2.48 bits per heavy atom. The third-order valence-electron chi connectivity index (χ3n) is 5.17. The van der Waals surface area contributed by atoms with Crippen molar-refractivity contribution in [3.05, 3.63) is 70.8 Å². The van der Waals surface area contributed by atoms with Gasteiger partial charge in [0.05, 0.1) is 25.9 Å². The van der Waals surface area contributed by atoms with Crippen LogP contribution in [0.3, 0.4) is 0 Å². The number of aliphatic imine (C=N–C) groups is 1. The van der Waals surface area contributed by atoms with Gasteiger partial charge in [0.2, 0.25) is 0 Å². The molecule has 170 valence electrons. The highest BCUT2D eigenvalue weighted by Crippen LogP contribution is 2.21. The number of guanidine groups is 1. The second kappa shape index (κ2) is 12.9. The fourth-order valence-electron chi connectivity index (χ4n) is 3.49. The molecule has 2 aromatic carbocycles. The van der Waals surface area contributed by atoms with E-state index in [0.29, 0.717) is 32.3 Å². The van der Waals surface area contributed by atoms with Gasteiger partial charge in [-0.05, 0) is 35.4 Å². The number of nitrogens with zero attached hydrogens (tertiary/aromatic N) is 2. The summed E-state index contributed by atoms with van der Waals surface area (Å²) in [5, 5.41) is 15.8. The fraction of sp³-hybridized carbons (Fsp3) is 0.409. The summed E-state index contributed by atoms with van der Waals surface area (Å²) in [6.07, 6.45) is 0. The molecule has 1 saturated heterocycles. The van der Waals surface area contributed by atoms with Gasteiger partial charge >= 0.3 is 0 Å². The van der Waals surface area contributed by atoms with Crippen LogP contribution in [-0.2, 0) is 17.9 Å². The van der Waals surface area contributed by atoms with Crippen LogP contribution < -0.4 is 10.6 Å². The van der Waals surface area contributed by atoms with E-state index in [0.717, 1.165) is 24.2 Å². The Kier molecular flexibility index (Phi) is 10.6. The molecule has 3 N–H and O–H groups in total. The molecule has 2 aromatic rings. The van der Waals surface area contributed by atoms with Crippen molar-refractivity contribution in [3.63, 3.8) is 0 Å². The molecule has 31 heavy (non-hydrogen) atoms. The SMILES string of the molecule is CN=C(NCc1ccc(F)c(CO)c1)NCC(c1ccc(F)cc1)N1CCOCC1.I. The van der Waals surface area contributed by atoms with Crippen molar-refractivity contribution >= 4 is 29.9 Å². The number of rotatable bonds is 7. The van der Waals surface area contributed by atoms with E-state index in [1.165, 1.54) is 18.2 Å². The van der Waals surface area contributed by atoms with Gasteiger partial charge in [-0.3, -0.25) is 9.89 Å². The lowest BCUT2D eigenvalue weighted by atomic mass is 10.0. The first-order chi connectivity index (χ1) is 14.6. The Hall–Kier alpha value is -1.82. The maximum Gasteiger partial charge on any atom is 0.191 e. The Bertz CT molecular complexity index is 846. The minimum atomic E-state index is -0.420. The van der Waals surface area contributed by atoms with Crippen LogP contribution in [0.2, 0.25) is 0 Å². The molecule has 1 heterocycles. The maximum absolute atomic E-state index is 13.6. The second-order valence-electron chi connectivity index (χ2n) is 7.11. The number of aliphatic hydroxyl groups excluding tert-OH is 1. The maximum atomic E-state index is 13.6. The lowest BCUT2D eigenvalue weighted by molar-refractivity contribution is 0.0170. The third-order valence-corrected chi connectivity index (χ3v) is 5.17. The van der Waals surface area contributed by atoms with Gasteiger partial charge < -0.3 is 20.5 Å². The summed E-state index contributed by atoms with van der Waals surface area (Å²) in [5.74, 6) is -0.0758. The normalized spacial score (nSPS) is 15.8. The predicted molar refractivity (Wildman–Crippen MR) is 127 cm³/mol. The van der Waals surface area contributed by atoms with Gasteiger partial charge in [-0.25, -0.2) is 8.78 Å². The number of hydrogen-bond donors (Lipinski definition) is 3. The van der Waals surface area contributed by atoms with Gasteiger partial charge in [0.1, 0.15) is 11.6 Å². The van der Waals surface area contributed by atoms with E-state index in [1.807, 2.05) is 12.1 Å². The van der Waals surface area contributed by atoms with Crippen molar-refractivity contribution in [1.82, 2.24) is 15.5 Å². The van der Waals surface area contributed by atoms with Crippen molar-refractivity contribution < 1.29 is 18.6 Å². The summed E-state index contributed by atoms with van der Waals surface area (Å²) in [4.78, 5) is 6.57. The van der Waals surface area contributed by atoms with Crippen molar-refractivity contribution in [2.24, 2.45) is 4.99 Å². The van der Waals surface area contributed by atoms with Crippen LogP contribution in [0.5, 0.6) is 0 Å². The zero-order chi connectivity index (χ0) is 21.3. The summed E-state index contributed by atoms with van der Waals surface area (Å²) < 4.78 is 32.4. The van der Waals surface area contributed by atoms with Gasteiger partial charge in [-0.1, -0.05) is 18.2 Å². The Morgan fingerprint density at radius 1 is 1.13 bits per heavy atom. The summed E-state index contributed by atoms with van der Waals surface area (Å²) in [6, 6.07) is 11.3. The number of benzene rings is 2. The first-order valence-corrected chi connectivity index (χ1v) is 10.0. The first-order valence-electron chi connectivity index (χ1n) is 10.0. The molecule has 0 saturated carbocycles. The van der Waals surface area contributed by atoms with Crippen LogP contribution in [0.4, 0.5) is 8.78 Å². The molecule has 1 aliphatic heterocycles. The van der Waals surface area contributed by atoms with Gasteiger partial charge in [0, 0.05) is 38.8 Å². The van der Waals surface area contributed by atoms with Crippen molar-refractivity contribution in [1.29, 1.82) is 0 Å². The molecule has 3 rings (SSSR count). The van der Waals surface area contributed by atoms with Gasteiger partial charge in [0.25, 0.3) is 0 Å². The molecule has 0 bridgehead atoms. The van der Waals surface area contributed by atoms with E-state index in [-0.39, 0.29) is 48.0 Å². The van der Waals surface area contributed by atoms with Crippen molar-refractivity contribution in [2.75, 3.05) is 39.9 Å². The number of aliphatic hydroxyl groups is 1. The number of halogens is 3. The number of hydrogen-bond acceptors (Lipinski definition) is 4. The zero-order valence-corrected chi connectivity index (χ0v) is 19.8. The average molecular weight is 546 g/mol. The molecule has 0 amide bonds. The monoisotopic (exact) mass is 546 g/mol. The third kappa shape index (κ3) is 7.37. The van der Waals surface area contributed by atoms with Crippen molar-refractivity contribution in [2.45, 2.75) is 19.2 Å². The highest BCUT2D eigenvalue weighted by molar-refractivity contribution is 14.0. The standard InChI is InChI=1S/C22H28F2N4O2.HI/c1-25-22(26-13-16-2-7-20(24)18(12-16)15-29)27-14-21(28-8-10-30-11-9-28)17-3-5-19(23)6-4-17;/h2-7,12,21,29H,8-11,13-15H2,1H3,(H2,25,26,27);1H. The minimum absolute atomic E-state index is 0. The summed E-state index contributed by atoms with van der Waals surface area (Å²) in [5.41, 5.74) is 2.12. The molecule has 0 radical (unpaired) electrons. The molecular formula is C22H29F2IN4O2. The number of nitrogens with one attached hydrogen (secondary N) is 2. The molecule has 0 aliphatic carbocycles. The van der Waals surface area contributed by atoms with Gasteiger partial charge in [-0.2, -0.15) is 0 Å². The summed E-state index contributed by atoms with van der Waals surface area (Å²) in [6.45, 7) is 3.61. The lowest BCUT2D eigenvalue weighted by Gasteiger charge is -2.35. The van der Waals surface area contributed by atoms with Crippen molar-refractivity contribution in [3.8, 4) is 0 Å². The van der Waals surface area contributed by atoms with Crippen LogP contribution in [0, 0.1) is 11.6 Å². The van der Waals surface area contributed by atoms with Crippen LogP contribution in [-0.4, -0.2) is 55.9 Å². The molecule has 1 atom stereocenters. The van der Waals surface area contributed by atoms with Gasteiger partial charge in [0.15, 0.2) is 5.96 Å². The zero-order valence-electron chi connectivity index (χ0n) is 17.5. The number of ether oxygens (including phenoxy) is 1. The number of morpholine rings is 1. The Morgan fingerprint density at radius 2 is 1.84 bits per heavy atom. The van der Waals surface area contributed by atoms with Crippen LogP contribution >= 0.6 is 24.0 Å². The smallest absolute Gasteiger partial charge is 0.191 e. The van der Waals surface area contributed by atoms with E-state index in [2.05, 4.69) is 20.5 Å². The molecule has 1 fully saturated rings. The molecule has 0 spiro atoms. The highest BCUT2D eigenvalue weighted by Gasteiger charge is 2.23. The minimum Gasteiger partial charge on any atom is -0.392 e. The van der Waals surface area contributed by atoms with E-state index >= 15 is 0 Å². The predicted octanol–water partition coefficient (Wildman–Crippen LogP) is 2.81. The Labute approximate surface area is 198 Å². The second-order valence-corrected chi connectivity index (χ2v) is 7.11. The van der Waals surface area contributed by atoms with E-state index in [4.69, 9.17) is 4.74 Å². The Balaban J connectivity index is 0.00000341. The topological polar surface area (TPSA) is 69.1 Å². The quantitative estimate of drug-likeness (QED) is 0.283. The average Bonchev–Trinajstić information content (AvgIpc) is 2.78. The van der Waals surface area contributed by atoms with Gasteiger partial charge in [-0.15, -0.1) is 24.0 Å². The fourth-order valence-corrected chi connectivity index (χ4v) is 3.49. The van der Waals surface area contributed by atoms with Crippen LogP contribution in [0.1, 0.15) is 22.7 Å². The highest BCUT2D eigenvalue weighted by atomic mass is 127. The molecule has 0 aromatic heterocycles. The first kappa shape index (κ1) is 25.4. The van der Waals surface area contributed by atoms with E-state index < -0.39 is 5.82 Å². The molecule has 6 nitrogen and oxygen atoms in total. The molecular weight excluding hydrogens is 517 g/mol. The van der Waals surface area contributed by atoms with Crippen LogP contribution in [0.25, 0.3) is 0 Å². The van der Waals surface area contributed by atoms with E-state index in [9.17, 15) is 13.9 Å². The summed E-state index contributed by atoms with van der Waals surface area (Å²) >= 11 is 0. The largest absolute Gasteiger partial charge is 0.392 e. The van der Waals surface area contributed by atoms with E-state index in [1.54, 1.807) is 19.2 Å². The molecule has 1 unspecified atom stereocenters. The summed E-state index contributed by atoms with van der Waals surface area (Å²) in [7, 11) is 1.68. The molecule has 9 heteroatoms.